The summed E-state index contributed by atoms with van der Waals surface area (Å²) in [6, 6.07) is 6.03. The summed E-state index contributed by atoms with van der Waals surface area (Å²) in [6.45, 7) is 9.46. The first-order chi connectivity index (χ1) is 8.42. The van der Waals surface area contributed by atoms with Crippen LogP contribution in [-0.2, 0) is 6.54 Å². The standard InChI is InChI=1S/C15H20BrNO/c1-5-6-9-18-14-8-7-13(16)10-12(14)11-17-15(2,3)4/h7-8,10,17H,9,11H2,1-4H3. The molecule has 0 saturated heterocycles. The minimum atomic E-state index is 0.0861. The summed E-state index contributed by atoms with van der Waals surface area (Å²) in [7, 11) is 0. The topological polar surface area (TPSA) is 21.3 Å². The van der Waals surface area contributed by atoms with E-state index in [1.807, 2.05) is 19.1 Å². The van der Waals surface area contributed by atoms with Gasteiger partial charge in [0.1, 0.15) is 12.4 Å². The van der Waals surface area contributed by atoms with Crippen molar-refractivity contribution in [2.24, 2.45) is 0 Å². The lowest BCUT2D eigenvalue weighted by Gasteiger charge is -2.21. The summed E-state index contributed by atoms with van der Waals surface area (Å²) >= 11 is 3.49. The van der Waals surface area contributed by atoms with Crippen LogP contribution in [0.25, 0.3) is 0 Å². The van der Waals surface area contributed by atoms with Gasteiger partial charge in [-0.2, -0.15) is 0 Å². The van der Waals surface area contributed by atoms with Gasteiger partial charge in [0.2, 0.25) is 0 Å². The number of hydrogen-bond acceptors (Lipinski definition) is 2. The van der Waals surface area contributed by atoms with Crippen LogP contribution in [0.2, 0.25) is 0 Å². The van der Waals surface area contributed by atoms with Gasteiger partial charge < -0.3 is 10.1 Å². The summed E-state index contributed by atoms with van der Waals surface area (Å²) in [5, 5.41) is 3.46. The maximum atomic E-state index is 5.66. The molecule has 0 aliphatic heterocycles. The molecule has 0 unspecified atom stereocenters. The largest absolute Gasteiger partial charge is 0.481 e. The second kappa shape index (κ2) is 6.82. The second-order valence-electron chi connectivity index (χ2n) is 5.07. The van der Waals surface area contributed by atoms with E-state index in [0.29, 0.717) is 6.61 Å². The SMILES string of the molecule is CC#CCOc1ccc(Br)cc1CNC(C)(C)C. The van der Waals surface area contributed by atoms with Crippen LogP contribution in [0.15, 0.2) is 22.7 Å². The Morgan fingerprint density at radius 2 is 2.06 bits per heavy atom. The third-order valence-corrected chi connectivity index (χ3v) is 2.80. The number of ether oxygens (including phenoxy) is 1. The van der Waals surface area contributed by atoms with Crippen LogP contribution < -0.4 is 10.1 Å². The minimum Gasteiger partial charge on any atom is -0.481 e. The monoisotopic (exact) mass is 309 g/mol. The molecule has 1 rings (SSSR count). The molecule has 0 spiro atoms. The van der Waals surface area contributed by atoms with Crippen LogP contribution in [0, 0.1) is 11.8 Å². The van der Waals surface area contributed by atoms with E-state index in [4.69, 9.17) is 4.74 Å². The third-order valence-electron chi connectivity index (χ3n) is 2.31. The maximum absolute atomic E-state index is 5.66. The van der Waals surface area contributed by atoms with E-state index in [1.165, 1.54) is 0 Å². The molecule has 0 amide bonds. The van der Waals surface area contributed by atoms with Gasteiger partial charge in [-0.3, -0.25) is 0 Å². The molecular weight excluding hydrogens is 290 g/mol. The van der Waals surface area contributed by atoms with Gasteiger partial charge in [0.25, 0.3) is 0 Å². The molecule has 1 aromatic carbocycles. The van der Waals surface area contributed by atoms with Crippen LogP contribution in [0.3, 0.4) is 0 Å². The molecule has 0 atom stereocenters. The predicted molar refractivity (Wildman–Crippen MR) is 79.7 cm³/mol. The summed E-state index contributed by atoms with van der Waals surface area (Å²) < 4.78 is 6.72. The number of rotatable bonds is 4. The Morgan fingerprint density at radius 1 is 1.33 bits per heavy atom. The highest BCUT2D eigenvalue weighted by Crippen LogP contribution is 2.23. The smallest absolute Gasteiger partial charge is 0.149 e. The Hall–Kier alpha value is -0.980. The van der Waals surface area contributed by atoms with Crippen molar-refractivity contribution in [2.75, 3.05) is 6.61 Å². The second-order valence-corrected chi connectivity index (χ2v) is 5.99. The molecule has 1 aromatic rings. The lowest BCUT2D eigenvalue weighted by molar-refractivity contribution is 0.358. The fourth-order valence-electron chi connectivity index (χ4n) is 1.37. The minimum absolute atomic E-state index is 0.0861. The average Bonchev–Trinajstić information content (AvgIpc) is 2.28. The number of nitrogens with one attached hydrogen (secondary N) is 1. The van der Waals surface area contributed by atoms with E-state index in [2.05, 4.69) is 59.9 Å². The molecule has 0 radical (unpaired) electrons. The summed E-state index contributed by atoms with van der Waals surface area (Å²) in [5.41, 5.74) is 1.22. The lowest BCUT2D eigenvalue weighted by Crippen LogP contribution is -2.35. The Kier molecular flexibility index (Phi) is 5.71. The summed E-state index contributed by atoms with van der Waals surface area (Å²) in [5.74, 6) is 6.62. The van der Waals surface area contributed by atoms with Crippen LogP contribution in [0.5, 0.6) is 5.75 Å². The maximum Gasteiger partial charge on any atom is 0.149 e. The van der Waals surface area contributed by atoms with Crippen LogP contribution >= 0.6 is 15.9 Å². The highest BCUT2D eigenvalue weighted by molar-refractivity contribution is 9.10. The van der Waals surface area contributed by atoms with E-state index < -0.39 is 0 Å². The zero-order chi connectivity index (χ0) is 13.6. The molecule has 3 heteroatoms. The fraction of sp³-hybridized carbons (Fsp3) is 0.467. The molecular formula is C15H20BrNO. The zero-order valence-electron chi connectivity index (χ0n) is 11.4. The van der Waals surface area contributed by atoms with Crippen molar-refractivity contribution >= 4 is 15.9 Å². The molecule has 98 valence electrons. The Balaban J connectivity index is 2.78. The van der Waals surface area contributed by atoms with Crippen molar-refractivity contribution in [3.63, 3.8) is 0 Å². The average molecular weight is 310 g/mol. The third kappa shape index (κ3) is 5.57. The van der Waals surface area contributed by atoms with E-state index in [1.54, 1.807) is 0 Å². The molecule has 0 fully saturated rings. The van der Waals surface area contributed by atoms with E-state index >= 15 is 0 Å². The van der Waals surface area contributed by atoms with Gasteiger partial charge in [-0.05, 0) is 45.9 Å². The first-order valence-corrected chi connectivity index (χ1v) is 6.77. The zero-order valence-corrected chi connectivity index (χ0v) is 13.0. The molecule has 0 heterocycles. The quantitative estimate of drug-likeness (QED) is 0.856. The number of benzene rings is 1. The fourth-order valence-corrected chi connectivity index (χ4v) is 1.78. The van der Waals surface area contributed by atoms with Gasteiger partial charge in [0, 0.05) is 22.1 Å². The van der Waals surface area contributed by atoms with Gasteiger partial charge in [0.05, 0.1) is 0 Å². The van der Waals surface area contributed by atoms with Crippen molar-refractivity contribution in [1.29, 1.82) is 0 Å². The summed E-state index contributed by atoms with van der Waals surface area (Å²) in [4.78, 5) is 0. The van der Waals surface area contributed by atoms with Crippen molar-refractivity contribution in [3.8, 4) is 17.6 Å². The number of halogens is 1. The summed E-state index contributed by atoms with van der Waals surface area (Å²) in [6.07, 6.45) is 0. The van der Waals surface area contributed by atoms with Gasteiger partial charge in [0.15, 0.2) is 0 Å². The van der Waals surface area contributed by atoms with Crippen molar-refractivity contribution in [3.05, 3.63) is 28.2 Å². The Bertz CT molecular complexity index is 452. The number of hydrogen-bond donors (Lipinski definition) is 1. The van der Waals surface area contributed by atoms with Crippen molar-refractivity contribution in [2.45, 2.75) is 39.8 Å². The molecule has 0 aromatic heterocycles. The van der Waals surface area contributed by atoms with Crippen molar-refractivity contribution < 1.29 is 4.74 Å². The van der Waals surface area contributed by atoms with Crippen LogP contribution in [0.1, 0.15) is 33.3 Å². The van der Waals surface area contributed by atoms with Gasteiger partial charge >= 0.3 is 0 Å². The normalized spacial score (nSPS) is 10.7. The molecule has 0 aliphatic rings. The first kappa shape index (κ1) is 15.1. The first-order valence-electron chi connectivity index (χ1n) is 5.98. The molecule has 2 nitrogen and oxygen atoms in total. The van der Waals surface area contributed by atoms with Gasteiger partial charge in [-0.15, -0.1) is 5.92 Å². The van der Waals surface area contributed by atoms with E-state index in [0.717, 1.165) is 22.3 Å². The predicted octanol–water partition coefficient (Wildman–Crippen LogP) is 3.74. The van der Waals surface area contributed by atoms with E-state index in [9.17, 15) is 0 Å². The van der Waals surface area contributed by atoms with Gasteiger partial charge in [-0.25, -0.2) is 0 Å². The van der Waals surface area contributed by atoms with Gasteiger partial charge in [-0.1, -0.05) is 21.9 Å². The van der Waals surface area contributed by atoms with Crippen LogP contribution in [0.4, 0.5) is 0 Å². The van der Waals surface area contributed by atoms with Crippen molar-refractivity contribution in [1.82, 2.24) is 5.32 Å². The highest BCUT2D eigenvalue weighted by Gasteiger charge is 2.11. The molecule has 0 aliphatic carbocycles. The molecule has 1 N–H and O–H groups in total. The van der Waals surface area contributed by atoms with Crippen LogP contribution in [-0.4, -0.2) is 12.1 Å². The molecule has 0 bridgehead atoms. The Labute approximate surface area is 118 Å². The highest BCUT2D eigenvalue weighted by atomic mass is 79.9. The molecule has 18 heavy (non-hydrogen) atoms. The molecule has 0 saturated carbocycles. The lowest BCUT2D eigenvalue weighted by atomic mass is 10.1. The Morgan fingerprint density at radius 3 is 2.67 bits per heavy atom. The van der Waals surface area contributed by atoms with E-state index in [-0.39, 0.29) is 5.54 Å².